The average molecular weight is 268 g/mol. The van der Waals surface area contributed by atoms with E-state index in [1.54, 1.807) is 6.20 Å². The van der Waals surface area contributed by atoms with E-state index in [9.17, 15) is 0 Å². The van der Waals surface area contributed by atoms with E-state index in [1.807, 2.05) is 4.68 Å². The van der Waals surface area contributed by atoms with Crippen LogP contribution in [0.1, 0.15) is 50.8 Å². The first-order valence-corrected chi connectivity index (χ1v) is 7.53. The number of aryl methyl sites for hydroxylation is 1. The van der Waals surface area contributed by atoms with Gasteiger partial charge in [0.2, 0.25) is 0 Å². The Hall–Kier alpha value is -0.540. The molecule has 100 valence electrons. The zero-order valence-corrected chi connectivity index (χ0v) is 11.7. The van der Waals surface area contributed by atoms with E-state index in [1.165, 1.54) is 25.7 Å². The van der Waals surface area contributed by atoms with E-state index in [-0.39, 0.29) is 6.04 Å². The lowest BCUT2D eigenvalue weighted by atomic mass is 9.84. The SMILES string of the molecule is CCn1ncc(Cl)c1C(N)CC1CC2CCC1C2. The molecule has 4 atom stereocenters. The van der Waals surface area contributed by atoms with Crippen molar-refractivity contribution in [1.29, 1.82) is 0 Å². The van der Waals surface area contributed by atoms with E-state index in [0.29, 0.717) is 0 Å². The topological polar surface area (TPSA) is 43.8 Å². The van der Waals surface area contributed by atoms with Gasteiger partial charge in [-0.15, -0.1) is 0 Å². The third-order valence-electron chi connectivity index (χ3n) is 4.93. The molecule has 0 saturated heterocycles. The largest absolute Gasteiger partial charge is 0.323 e. The van der Waals surface area contributed by atoms with Gasteiger partial charge in [0.1, 0.15) is 0 Å². The van der Waals surface area contributed by atoms with Crippen LogP contribution in [-0.4, -0.2) is 9.78 Å². The maximum Gasteiger partial charge on any atom is 0.0834 e. The molecule has 0 aromatic carbocycles. The minimum atomic E-state index is 0.0456. The van der Waals surface area contributed by atoms with Crippen molar-refractivity contribution in [1.82, 2.24) is 9.78 Å². The minimum Gasteiger partial charge on any atom is -0.323 e. The number of nitrogens with two attached hydrogens (primary N) is 1. The van der Waals surface area contributed by atoms with Crippen molar-refractivity contribution in [2.45, 2.75) is 51.6 Å². The van der Waals surface area contributed by atoms with Crippen molar-refractivity contribution >= 4 is 11.6 Å². The van der Waals surface area contributed by atoms with Crippen LogP contribution in [0.3, 0.4) is 0 Å². The van der Waals surface area contributed by atoms with Crippen molar-refractivity contribution in [2.24, 2.45) is 23.5 Å². The first-order chi connectivity index (χ1) is 8.69. The molecular formula is C14H22ClN3. The summed E-state index contributed by atoms with van der Waals surface area (Å²) in [4.78, 5) is 0. The average Bonchev–Trinajstić information content (AvgIpc) is 3.03. The van der Waals surface area contributed by atoms with Crippen LogP contribution in [0.4, 0.5) is 0 Å². The van der Waals surface area contributed by atoms with Gasteiger partial charge in [0.15, 0.2) is 0 Å². The van der Waals surface area contributed by atoms with E-state index in [4.69, 9.17) is 17.3 Å². The number of hydrogen-bond donors (Lipinski definition) is 1. The molecule has 2 aliphatic rings. The molecule has 1 aromatic rings. The molecule has 0 aliphatic heterocycles. The lowest BCUT2D eigenvalue weighted by molar-refractivity contribution is 0.292. The summed E-state index contributed by atoms with van der Waals surface area (Å²) >= 11 is 6.22. The first kappa shape index (κ1) is 12.5. The molecule has 2 N–H and O–H groups in total. The zero-order valence-electron chi connectivity index (χ0n) is 11.0. The van der Waals surface area contributed by atoms with Crippen molar-refractivity contribution in [3.05, 3.63) is 16.9 Å². The molecule has 18 heavy (non-hydrogen) atoms. The Morgan fingerprint density at radius 1 is 1.50 bits per heavy atom. The Kier molecular flexibility index (Phi) is 3.37. The second-order valence-corrected chi connectivity index (χ2v) is 6.38. The lowest BCUT2D eigenvalue weighted by Gasteiger charge is -2.25. The second-order valence-electron chi connectivity index (χ2n) is 5.97. The van der Waals surface area contributed by atoms with Gasteiger partial charge in [0.25, 0.3) is 0 Å². The van der Waals surface area contributed by atoms with Crippen molar-refractivity contribution in [3.63, 3.8) is 0 Å². The highest BCUT2D eigenvalue weighted by atomic mass is 35.5. The van der Waals surface area contributed by atoms with Crippen molar-refractivity contribution in [2.75, 3.05) is 0 Å². The molecule has 2 fully saturated rings. The molecule has 0 spiro atoms. The molecular weight excluding hydrogens is 246 g/mol. The molecule has 4 unspecified atom stereocenters. The van der Waals surface area contributed by atoms with Crippen molar-refractivity contribution in [3.8, 4) is 0 Å². The Bertz CT molecular complexity index is 429. The van der Waals surface area contributed by atoms with Gasteiger partial charge in [-0.25, -0.2) is 0 Å². The standard InChI is InChI=1S/C14H22ClN3/c1-2-18-14(12(15)8-17-18)13(16)7-11-6-9-3-4-10(11)5-9/h8-11,13H,2-7,16H2,1H3. The van der Waals surface area contributed by atoms with Gasteiger partial charge in [-0.05, 0) is 50.4 Å². The summed E-state index contributed by atoms with van der Waals surface area (Å²) in [5.41, 5.74) is 7.41. The van der Waals surface area contributed by atoms with E-state index in [2.05, 4.69) is 12.0 Å². The number of hydrogen-bond acceptors (Lipinski definition) is 2. The quantitative estimate of drug-likeness (QED) is 0.909. The number of nitrogens with zero attached hydrogens (tertiary/aromatic N) is 2. The van der Waals surface area contributed by atoms with Crippen LogP contribution in [-0.2, 0) is 6.54 Å². The first-order valence-electron chi connectivity index (χ1n) is 7.15. The van der Waals surface area contributed by atoms with Crippen LogP contribution >= 0.6 is 11.6 Å². The fourth-order valence-electron chi connectivity index (χ4n) is 4.10. The van der Waals surface area contributed by atoms with Gasteiger partial charge in [0.05, 0.1) is 16.9 Å². The maximum absolute atomic E-state index is 6.38. The van der Waals surface area contributed by atoms with E-state index < -0.39 is 0 Å². The molecule has 2 saturated carbocycles. The Morgan fingerprint density at radius 2 is 2.33 bits per heavy atom. The summed E-state index contributed by atoms with van der Waals surface area (Å²) in [5, 5.41) is 5.01. The third-order valence-corrected chi connectivity index (χ3v) is 5.22. The summed E-state index contributed by atoms with van der Waals surface area (Å²) in [6, 6.07) is 0.0456. The molecule has 3 nitrogen and oxygen atoms in total. The van der Waals surface area contributed by atoms with Gasteiger partial charge in [-0.2, -0.15) is 5.10 Å². The zero-order chi connectivity index (χ0) is 12.7. The number of halogens is 1. The second kappa shape index (κ2) is 4.86. The molecule has 0 radical (unpaired) electrons. The predicted molar refractivity (Wildman–Crippen MR) is 73.4 cm³/mol. The molecule has 1 aromatic heterocycles. The monoisotopic (exact) mass is 267 g/mol. The summed E-state index contributed by atoms with van der Waals surface area (Å²) in [6.45, 7) is 2.92. The van der Waals surface area contributed by atoms with Crippen LogP contribution < -0.4 is 5.73 Å². The van der Waals surface area contributed by atoms with Gasteiger partial charge >= 0.3 is 0 Å². The van der Waals surface area contributed by atoms with E-state index >= 15 is 0 Å². The Labute approximate surface area is 114 Å². The molecule has 1 heterocycles. The molecule has 2 bridgehead atoms. The van der Waals surface area contributed by atoms with Crippen LogP contribution in [0.2, 0.25) is 5.02 Å². The summed E-state index contributed by atoms with van der Waals surface area (Å²) in [7, 11) is 0. The number of aromatic nitrogens is 2. The van der Waals surface area contributed by atoms with Crippen molar-refractivity contribution < 1.29 is 0 Å². The lowest BCUT2D eigenvalue weighted by Crippen LogP contribution is -2.22. The highest BCUT2D eigenvalue weighted by Gasteiger charge is 2.40. The summed E-state index contributed by atoms with van der Waals surface area (Å²) in [5.74, 6) is 2.73. The Balaban J connectivity index is 1.71. The summed E-state index contributed by atoms with van der Waals surface area (Å²) in [6.07, 6.45) is 8.49. The maximum atomic E-state index is 6.38. The molecule has 3 rings (SSSR count). The fourth-order valence-corrected chi connectivity index (χ4v) is 4.38. The third kappa shape index (κ3) is 2.08. The van der Waals surface area contributed by atoms with Crippen LogP contribution in [0.25, 0.3) is 0 Å². The highest BCUT2D eigenvalue weighted by Crippen LogP contribution is 2.50. The minimum absolute atomic E-state index is 0.0456. The molecule has 2 aliphatic carbocycles. The van der Waals surface area contributed by atoms with Crippen LogP contribution in [0.5, 0.6) is 0 Å². The van der Waals surface area contributed by atoms with Gasteiger partial charge < -0.3 is 5.73 Å². The predicted octanol–water partition coefficient (Wildman–Crippen LogP) is 3.38. The summed E-state index contributed by atoms with van der Waals surface area (Å²) < 4.78 is 1.94. The van der Waals surface area contributed by atoms with Gasteiger partial charge in [-0.3, -0.25) is 4.68 Å². The van der Waals surface area contributed by atoms with Crippen LogP contribution in [0.15, 0.2) is 6.20 Å². The molecule has 4 heteroatoms. The number of fused-ring (bicyclic) bond motifs is 2. The highest BCUT2D eigenvalue weighted by molar-refractivity contribution is 6.31. The fraction of sp³-hybridized carbons (Fsp3) is 0.786. The Morgan fingerprint density at radius 3 is 2.94 bits per heavy atom. The smallest absolute Gasteiger partial charge is 0.0834 e. The molecule has 0 amide bonds. The van der Waals surface area contributed by atoms with Gasteiger partial charge in [-0.1, -0.05) is 18.0 Å². The number of rotatable bonds is 4. The van der Waals surface area contributed by atoms with Gasteiger partial charge in [0, 0.05) is 12.6 Å². The van der Waals surface area contributed by atoms with E-state index in [0.717, 1.165) is 41.4 Å². The normalized spacial score (nSPS) is 32.1. The van der Waals surface area contributed by atoms with Crippen LogP contribution in [0, 0.1) is 17.8 Å².